The average Bonchev–Trinajstić information content (AvgIpc) is 1.67. The normalized spacial score (nSPS) is 50.6. The number of amides is 4. The van der Waals surface area contributed by atoms with Crippen LogP contribution in [-0.4, -0.2) is 610 Å². The highest BCUT2D eigenvalue weighted by Crippen LogP contribution is 2.44. The number of ether oxygens (including phenoxy) is 23. The maximum absolute atomic E-state index is 13.7. The van der Waals surface area contributed by atoms with Gasteiger partial charge < -0.3 is 289 Å². The van der Waals surface area contributed by atoms with Crippen molar-refractivity contribution in [2.24, 2.45) is 0 Å². The molecule has 59 atom stereocenters. The molecule has 0 radical (unpaired) electrons. The molecule has 12 saturated heterocycles. The molecule has 0 aliphatic carbocycles. The highest BCUT2D eigenvalue weighted by molar-refractivity contribution is 5.74. The van der Waals surface area contributed by atoms with Gasteiger partial charge >= 0.3 is 0 Å². The molecule has 816 valence electrons. The largest absolute Gasteiger partial charge is 0.394 e. The molecule has 62 nitrogen and oxygen atoms in total. The van der Waals surface area contributed by atoms with Crippen LogP contribution in [0.5, 0.6) is 0 Å². The lowest BCUT2D eigenvalue weighted by atomic mass is 9.93. The van der Waals surface area contributed by atoms with E-state index in [1.54, 1.807) is 0 Å². The standard InChI is InChI=1S/C79H132N4O58/c1-17-37(97)47(107)54(114)72(120-17)134-60-31(15-92)130-71(36(83-22(6)96)63(60)137-76-57(117)50(110)40(100)24(8-85)125-76)139-65-51(111)41(101)25(9-86)127-77(65)119-16-32-45(105)64(138-78-66(52(112)42(102)26(10-87)128-78)140-70-35(82-21(5)95)61(44(104)28(12-89)123-70)135-75-56(116)49(109)39(99)23(7-84)124-75)67(141-74-53(113)43(103)27(11-88)126-74)79(131-32)132-58-29(13-90)129-69(33(46(58)106)80-19(3)93)133-59-30(14-91)122-68(118)34(81-20(4)94)62(59)136-73-55(115)48(108)38(98)18(2)121-73/h17-18,23-79,84-92,97-118H,7-16H2,1-6H3,(H,80,93)(H,81,94)(H,82,95)(H,83,96)/t17-,18-,23+,24+,25+,26+,27+,28+,29+,30+,31+,32+,33+,34+,35+,36+,37+,38+,39-,40-,41+,42+,43-,44+,45+,46+,47+,48+,49-,50-,51-,52-,53+,54-,55-,56+,57+,58+,59+,60+,61+,62+,63+,64-,65-,66-,67-,68?,69-,70-,71-,72-,73-,74-,75-,76-,77-,78+,79-/m0/s1. The fourth-order valence-electron chi connectivity index (χ4n) is 18.5. The monoisotopic (exact) mass is 2060 g/mol. The third-order valence-corrected chi connectivity index (χ3v) is 26.3. The first-order chi connectivity index (χ1) is 66.7. The van der Waals surface area contributed by atoms with Gasteiger partial charge in [0.05, 0.1) is 78.3 Å². The first-order valence-electron chi connectivity index (χ1n) is 45.3. The van der Waals surface area contributed by atoms with E-state index in [-0.39, 0.29) is 0 Å². The first-order valence-corrected chi connectivity index (χ1v) is 45.3. The van der Waals surface area contributed by atoms with Gasteiger partial charge in [0.2, 0.25) is 23.6 Å². The van der Waals surface area contributed by atoms with Gasteiger partial charge in [0.15, 0.2) is 75.5 Å². The third-order valence-electron chi connectivity index (χ3n) is 26.3. The van der Waals surface area contributed by atoms with E-state index in [0.29, 0.717) is 0 Å². The molecule has 0 spiro atoms. The van der Waals surface area contributed by atoms with E-state index in [1.165, 1.54) is 13.8 Å². The van der Waals surface area contributed by atoms with Gasteiger partial charge in [-0.2, -0.15) is 0 Å². The Hall–Kier alpha value is -4.28. The van der Waals surface area contributed by atoms with Crippen LogP contribution in [0, 0.1) is 0 Å². The topological polar surface area (TPSA) is 956 Å². The molecule has 141 heavy (non-hydrogen) atoms. The molecule has 1 unspecified atom stereocenters. The van der Waals surface area contributed by atoms with Crippen LogP contribution in [0.25, 0.3) is 0 Å². The molecule has 12 rings (SSSR count). The zero-order valence-electron chi connectivity index (χ0n) is 76.0. The van der Waals surface area contributed by atoms with E-state index in [4.69, 9.17) is 109 Å². The number of hydrogen-bond donors (Lipinski definition) is 35. The van der Waals surface area contributed by atoms with Crippen molar-refractivity contribution < 1.29 is 286 Å². The number of carbonyl (C=O) groups is 4. The molecule has 0 aromatic carbocycles. The second-order valence-electron chi connectivity index (χ2n) is 36.1. The minimum atomic E-state index is -2.72. The summed E-state index contributed by atoms with van der Waals surface area (Å²) >= 11 is 0. The third kappa shape index (κ3) is 25.1. The van der Waals surface area contributed by atoms with Gasteiger partial charge in [-0.25, -0.2) is 0 Å². The van der Waals surface area contributed by atoms with Crippen LogP contribution in [0.4, 0.5) is 0 Å². The SMILES string of the molecule is CC(=O)N[C@H]1[C@H](O[C@H]2[C@H](O[C@@H]3O[C@@H](C)[C@@H](O)[C@@H](O)[C@@H]3O)[C@@H](NC(C)=O)C(O)O[C@@H]2CO)O[C@H](CO)[C@@H](O[C@@H]2O[C@H](CO[C@H]3O[C@H](CO)[C@@H](O)[C@H](O)[C@@H]3O[C@@H]3O[C@H](CO)[C@@H](O[C@@H]4O[C@@H](C)[C@@H](O)[C@@H](O)[C@@H]4O)[C@H](O[C@@H]4O[C@H](CO)[C@H](O)[C@H](O)[C@H]4O)[C@H]3NC(C)=O)[C@@H](O)[C@H](O[C@H]3O[C@H](CO)[C@@H](O)[C@H](O)[C@@H]3O[C@@H]3O[C@H](CO)[C@@H](O)[C@H](O[C@@H]4O[C@H](CO)[C@H](O)[C@H](O)[C@H]4O)[C@H]3NC(C)=O)[C@@H]2O[C@@H]2O[C@H](CO)[C@H](O)[C@H]2O)[C@@H]1O. The van der Waals surface area contributed by atoms with Gasteiger partial charge in [0.1, 0.15) is 274 Å². The van der Waals surface area contributed by atoms with Crippen molar-refractivity contribution in [2.45, 2.75) is 404 Å². The Labute approximate surface area is 798 Å². The van der Waals surface area contributed by atoms with E-state index in [0.717, 1.165) is 27.7 Å². The summed E-state index contributed by atoms with van der Waals surface area (Å²) in [4.78, 5) is 53.7. The van der Waals surface area contributed by atoms with Crippen LogP contribution >= 0.6 is 0 Å². The predicted octanol–water partition coefficient (Wildman–Crippen LogP) is -23.9. The van der Waals surface area contributed by atoms with Crippen LogP contribution in [0.15, 0.2) is 0 Å². The number of hydrogen-bond acceptors (Lipinski definition) is 58. The number of rotatable bonds is 36. The molecule has 0 aromatic rings. The predicted molar refractivity (Wildman–Crippen MR) is 433 cm³/mol. The van der Waals surface area contributed by atoms with Gasteiger partial charge in [-0.15, -0.1) is 0 Å². The van der Waals surface area contributed by atoms with Crippen molar-refractivity contribution in [2.75, 3.05) is 66.1 Å². The maximum Gasteiger partial charge on any atom is 0.217 e. The van der Waals surface area contributed by atoms with Crippen LogP contribution in [-0.2, 0) is 128 Å². The molecule has 12 fully saturated rings. The molecule has 4 amide bonds. The fourth-order valence-corrected chi connectivity index (χ4v) is 18.5. The number of aliphatic hydroxyl groups is 31. The summed E-state index contributed by atoms with van der Waals surface area (Å²) in [6, 6.07) is -8.20. The van der Waals surface area contributed by atoms with Crippen molar-refractivity contribution in [1.29, 1.82) is 0 Å². The van der Waals surface area contributed by atoms with Crippen molar-refractivity contribution in [3.63, 3.8) is 0 Å². The van der Waals surface area contributed by atoms with Crippen LogP contribution in [0.3, 0.4) is 0 Å². The minimum Gasteiger partial charge on any atom is -0.394 e. The van der Waals surface area contributed by atoms with Gasteiger partial charge in [-0.1, -0.05) is 0 Å². The zero-order valence-corrected chi connectivity index (χ0v) is 76.0. The molecule has 12 heterocycles. The van der Waals surface area contributed by atoms with Gasteiger partial charge in [0, 0.05) is 27.7 Å². The Balaban J connectivity index is 0.963. The molecule has 62 heteroatoms. The summed E-state index contributed by atoms with van der Waals surface area (Å²) < 4.78 is 141. The summed E-state index contributed by atoms with van der Waals surface area (Å²) in [6.07, 6.45) is -120. The molecule has 12 aliphatic heterocycles. The van der Waals surface area contributed by atoms with E-state index in [1.807, 2.05) is 0 Å². The Morgan fingerprint density at radius 2 is 0.447 bits per heavy atom. The number of nitrogens with one attached hydrogen (secondary N) is 4. The summed E-state index contributed by atoms with van der Waals surface area (Å²) in [7, 11) is 0. The molecular weight excluding hydrogens is 1930 g/mol. The average molecular weight is 2070 g/mol. The van der Waals surface area contributed by atoms with Crippen molar-refractivity contribution in [1.82, 2.24) is 21.3 Å². The van der Waals surface area contributed by atoms with Crippen LogP contribution in [0.1, 0.15) is 41.5 Å². The van der Waals surface area contributed by atoms with Gasteiger partial charge in [-0.05, 0) is 13.8 Å². The van der Waals surface area contributed by atoms with E-state index in [2.05, 4.69) is 21.3 Å². The Morgan fingerprint density at radius 3 is 0.879 bits per heavy atom. The summed E-state index contributed by atoms with van der Waals surface area (Å²) in [6.45, 7) is -6.17. The zero-order chi connectivity index (χ0) is 104. The van der Waals surface area contributed by atoms with Gasteiger partial charge in [0.25, 0.3) is 0 Å². The number of carbonyl (C=O) groups excluding carboxylic acids is 4. The molecule has 0 bridgehead atoms. The fraction of sp³-hybridized carbons (Fsp3) is 0.949. The Kier molecular flexibility index (Phi) is 41.0. The van der Waals surface area contributed by atoms with E-state index < -0.39 is 452 Å². The summed E-state index contributed by atoms with van der Waals surface area (Å²) in [5.41, 5.74) is 0. The van der Waals surface area contributed by atoms with Gasteiger partial charge in [-0.3, -0.25) is 19.2 Å². The summed E-state index contributed by atoms with van der Waals surface area (Å²) in [5, 5.41) is 360. The lowest BCUT2D eigenvalue weighted by molar-refractivity contribution is -0.409. The molecular formula is C79H132N4O58. The van der Waals surface area contributed by atoms with Crippen LogP contribution in [0.2, 0.25) is 0 Å². The molecule has 12 aliphatic rings. The first kappa shape index (κ1) is 115. The number of aliphatic hydroxyl groups excluding tert-OH is 31. The second kappa shape index (κ2) is 50.1. The Morgan fingerprint density at radius 1 is 0.199 bits per heavy atom. The van der Waals surface area contributed by atoms with Crippen LogP contribution < -0.4 is 21.3 Å². The van der Waals surface area contributed by atoms with Crippen molar-refractivity contribution in [3.05, 3.63) is 0 Å². The molecule has 0 aromatic heterocycles. The van der Waals surface area contributed by atoms with Crippen molar-refractivity contribution >= 4 is 23.6 Å². The lowest BCUT2D eigenvalue weighted by Crippen LogP contribution is -2.72. The lowest BCUT2D eigenvalue weighted by Gasteiger charge is -2.52. The minimum absolute atomic E-state index is 0.876. The van der Waals surface area contributed by atoms with E-state index in [9.17, 15) is 177 Å². The molecule has 35 N–H and O–H groups in total. The van der Waals surface area contributed by atoms with E-state index >= 15 is 0 Å². The Bertz CT molecular complexity index is 3900. The maximum atomic E-state index is 13.7. The quantitative estimate of drug-likeness (QED) is 0.0277. The highest BCUT2D eigenvalue weighted by atomic mass is 16.8. The summed E-state index contributed by atoms with van der Waals surface area (Å²) in [5.74, 6) is -4.08. The van der Waals surface area contributed by atoms with Crippen molar-refractivity contribution in [3.8, 4) is 0 Å². The smallest absolute Gasteiger partial charge is 0.217 e. The molecule has 0 saturated carbocycles. The highest BCUT2D eigenvalue weighted by Gasteiger charge is 2.65. The second-order valence-corrected chi connectivity index (χ2v) is 36.1.